The van der Waals surface area contributed by atoms with Gasteiger partial charge in [-0.05, 0) is 32.3 Å². The molecule has 3 rings (SSSR count). The number of carbonyl (C=O) groups is 1. The minimum atomic E-state index is 0.104. The van der Waals surface area contributed by atoms with E-state index in [-0.39, 0.29) is 11.9 Å². The predicted molar refractivity (Wildman–Crippen MR) is 186 cm³/mol. The van der Waals surface area contributed by atoms with E-state index in [9.17, 15) is 4.79 Å². The van der Waals surface area contributed by atoms with E-state index in [4.69, 9.17) is 10.5 Å². The van der Waals surface area contributed by atoms with Crippen LogP contribution in [0.15, 0.2) is 30.6 Å². The summed E-state index contributed by atoms with van der Waals surface area (Å²) in [4.78, 5) is 21.6. The number of nitrogens with two attached hydrogens (primary N) is 1. The SMILES string of the molecule is CCCCCCCCCCCCCCCCCCCC(=O)NCCCC(COCC)n1cnc2c(N)nc3ccccc3c21. The summed E-state index contributed by atoms with van der Waals surface area (Å²) >= 11 is 0. The molecular weight excluding hydrogens is 546 g/mol. The zero-order chi connectivity index (χ0) is 31.2. The first-order valence-electron chi connectivity index (χ1n) is 18.0. The molecule has 1 unspecified atom stereocenters. The van der Waals surface area contributed by atoms with Gasteiger partial charge in [0.2, 0.25) is 5.91 Å². The number of nitrogens with one attached hydrogen (secondary N) is 1. The lowest BCUT2D eigenvalue weighted by Gasteiger charge is -2.20. The molecule has 0 aliphatic rings. The highest BCUT2D eigenvalue weighted by molar-refractivity contribution is 6.06. The van der Waals surface area contributed by atoms with Crippen molar-refractivity contribution in [3.05, 3.63) is 30.6 Å². The van der Waals surface area contributed by atoms with Crippen LogP contribution in [-0.2, 0) is 9.53 Å². The number of para-hydroxylation sites is 1. The average molecular weight is 608 g/mol. The lowest BCUT2D eigenvalue weighted by Crippen LogP contribution is -2.25. The summed E-state index contributed by atoms with van der Waals surface area (Å²) in [6.45, 7) is 6.22. The fraction of sp³-hybridized carbons (Fsp3) is 0.703. The van der Waals surface area contributed by atoms with Gasteiger partial charge in [-0.1, -0.05) is 128 Å². The molecule has 7 nitrogen and oxygen atoms in total. The van der Waals surface area contributed by atoms with E-state index in [0.29, 0.717) is 32.0 Å². The zero-order valence-electron chi connectivity index (χ0n) is 28.0. The zero-order valence-corrected chi connectivity index (χ0v) is 28.0. The van der Waals surface area contributed by atoms with E-state index in [1.54, 1.807) is 0 Å². The van der Waals surface area contributed by atoms with Gasteiger partial charge in [-0.25, -0.2) is 9.97 Å². The molecule has 246 valence electrons. The molecule has 0 aliphatic heterocycles. The minimum absolute atomic E-state index is 0.104. The first-order chi connectivity index (χ1) is 21.7. The maximum Gasteiger partial charge on any atom is 0.219 e. The number of fused-ring (bicyclic) bond motifs is 3. The standard InChI is InChI=1S/C37H61N5O2/c1-3-5-6-7-8-9-10-11-12-13-14-15-16-17-18-19-20-27-34(43)39-28-23-24-31(29-44-4-2)42-30-40-35-36(42)32-25-21-22-26-33(32)41-37(35)38/h21-22,25-26,30-31H,3-20,23-24,27-29H2,1-2H3,(H2,38,41)(H,39,43). The first kappa shape index (κ1) is 35.8. The summed E-state index contributed by atoms with van der Waals surface area (Å²) in [5.41, 5.74) is 8.84. The number of aromatic nitrogens is 3. The Morgan fingerprint density at radius 3 is 2.05 bits per heavy atom. The van der Waals surface area contributed by atoms with Crippen LogP contribution in [0.1, 0.15) is 148 Å². The van der Waals surface area contributed by atoms with Crippen molar-refractivity contribution >= 4 is 33.7 Å². The van der Waals surface area contributed by atoms with Crippen LogP contribution in [0, 0.1) is 0 Å². The Kier molecular flexibility index (Phi) is 17.8. The van der Waals surface area contributed by atoms with Crippen LogP contribution in [0.2, 0.25) is 0 Å². The molecular formula is C37H61N5O2. The number of ether oxygens (including phenoxy) is 1. The number of hydrogen-bond acceptors (Lipinski definition) is 5. The van der Waals surface area contributed by atoms with Crippen molar-refractivity contribution < 1.29 is 9.53 Å². The number of carbonyl (C=O) groups excluding carboxylic acids is 1. The number of nitrogen functional groups attached to an aromatic ring is 1. The van der Waals surface area contributed by atoms with E-state index >= 15 is 0 Å². The van der Waals surface area contributed by atoms with Crippen LogP contribution in [0.25, 0.3) is 21.9 Å². The Balaban J connectivity index is 1.23. The molecule has 0 saturated heterocycles. The Morgan fingerprint density at radius 2 is 1.43 bits per heavy atom. The number of rotatable bonds is 26. The van der Waals surface area contributed by atoms with E-state index in [2.05, 4.69) is 32.8 Å². The van der Waals surface area contributed by atoms with Crippen LogP contribution < -0.4 is 11.1 Å². The van der Waals surface area contributed by atoms with Crippen molar-refractivity contribution in [2.75, 3.05) is 25.5 Å². The van der Waals surface area contributed by atoms with Crippen molar-refractivity contribution in [1.82, 2.24) is 19.9 Å². The highest BCUT2D eigenvalue weighted by atomic mass is 16.5. The number of anilines is 1. The van der Waals surface area contributed by atoms with Gasteiger partial charge >= 0.3 is 0 Å². The van der Waals surface area contributed by atoms with E-state index < -0.39 is 0 Å². The Morgan fingerprint density at radius 1 is 0.841 bits per heavy atom. The van der Waals surface area contributed by atoms with Gasteiger partial charge in [-0.2, -0.15) is 0 Å². The van der Waals surface area contributed by atoms with Gasteiger partial charge < -0.3 is 20.4 Å². The molecule has 44 heavy (non-hydrogen) atoms. The molecule has 1 amide bonds. The van der Waals surface area contributed by atoms with E-state index in [1.807, 2.05) is 31.5 Å². The first-order valence-corrected chi connectivity index (χ1v) is 18.0. The lowest BCUT2D eigenvalue weighted by molar-refractivity contribution is -0.121. The number of unbranched alkanes of at least 4 members (excludes halogenated alkanes) is 16. The smallest absolute Gasteiger partial charge is 0.219 e. The summed E-state index contributed by atoms with van der Waals surface area (Å²) in [7, 11) is 0. The number of amides is 1. The molecule has 0 fully saturated rings. The van der Waals surface area contributed by atoms with Gasteiger partial charge in [-0.3, -0.25) is 4.79 Å². The summed E-state index contributed by atoms with van der Waals surface area (Å²) in [5, 5.41) is 4.18. The van der Waals surface area contributed by atoms with Crippen LogP contribution in [0.4, 0.5) is 5.82 Å². The lowest BCUT2D eigenvalue weighted by atomic mass is 10.0. The van der Waals surface area contributed by atoms with Gasteiger partial charge in [0, 0.05) is 25.0 Å². The van der Waals surface area contributed by atoms with Gasteiger partial charge in [0.05, 0.1) is 30.0 Å². The second kappa shape index (κ2) is 21.9. The normalized spacial score (nSPS) is 12.3. The quantitative estimate of drug-likeness (QED) is 0.0886. The van der Waals surface area contributed by atoms with Crippen LogP contribution in [0.5, 0.6) is 0 Å². The Bertz CT molecular complexity index is 1190. The fourth-order valence-electron chi connectivity index (χ4n) is 6.27. The number of pyridine rings is 1. The average Bonchev–Trinajstić information content (AvgIpc) is 3.48. The highest BCUT2D eigenvalue weighted by Crippen LogP contribution is 2.30. The van der Waals surface area contributed by atoms with Crippen molar-refractivity contribution in [2.24, 2.45) is 0 Å². The second-order valence-corrected chi connectivity index (χ2v) is 12.6. The maximum absolute atomic E-state index is 12.4. The monoisotopic (exact) mass is 607 g/mol. The molecule has 0 bridgehead atoms. The van der Waals surface area contributed by atoms with Gasteiger partial charge in [0.1, 0.15) is 5.52 Å². The number of nitrogens with zero attached hydrogens (tertiary/aromatic N) is 3. The maximum atomic E-state index is 12.4. The van der Waals surface area contributed by atoms with Gasteiger partial charge in [-0.15, -0.1) is 0 Å². The Hall–Kier alpha value is -2.67. The molecule has 3 N–H and O–H groups in total. The van der Waals surface area contributed by atoms with E-state index in [0.717, 1.165) is 47.6 Å². The van der Waals surface area contributed by atoms with Crippen LogP contribution in [0.3, 0.4) is 0 Å². The summed E-state index contributed by atoms with van der Waals surface area (Å²) < 4.78 is 8.03. The predicted octanol–water partition coefficient (Wildman–Crippen LogP) is 9.68. The fourth-order valence-corrected chi connectivity index (χ4v) is 6.27. The molecule has 0 radical (unpaired) electrons. The summed E-state index contributed by atoms with van der Waals surface area (Å²) in [5.74, 6) is 0.620. The molecule has 3 aromatic rings. The topological polar surface area (TPSA) is 95.1 Å². The molecule has 0 saturated carbocycles. The van der Waals surface area contributed by atoms with Crippen molar-refractivity contribution in [1.29, 1.82) is 0 Å². The van der Waals surface area contributed by atoms with Crippen molar-refractivity contribution in [3.8, 4) is 0 Å². The summed E-state index contributed by atoms with van der Waals surface area (Å²) in [6, 6.07) is 8.15. The van der Waals surface area contributed by atoms with E-state index in [1.165, 1.54) is 96.3 Å². The molecule has 0 aliphatic carbocycles. The van der Waals surface area contributed by atoms with Crippen LogP contribution in [-0.4, -0.2) is 40.2 Å². The minimum Gasteiger partial charge on any atom is -0.382 e. The highest BCUT2D eigenvalue weighted by Gasteiger charge is 2.18. The van der Waals surface area contributed by atoms with Gasteiger partial charge in [0.15, 0.2) is 5.82 Å². The molecule has 7 heteroatoms. The molecule has 0 spiro atoms. The third-order valence-corrected chi connectivity index (χ3v) is 8.89. The third kappa shape index (κ3) is 12.7. The Labute approximate surface area is 267 Å². The molecule has 2 aromatic heterocycles. The van der Waals surface area contributed by atoms with Crippen LogP contribution >= 0.6 is 0 Å². The van der Waals surface area contributed by atoms with Gasteiger partial charge in [0.25, 0.3) is 0 Å². The summed E-state index contributed by atoms with van der Waals surface area (Å²) in [6.07, 6.45) is 27.2. The number of imidazole rings is 1. The number of benzene rings is 1. The number of hydrogen-bond donors (Lipinski definition) is 2. The third-order valence-electron chi connectivity index (χ3n) is 8.89. The molecule has 1 atom stereocenters. The molecule has 2 heterocycles. The van der Waals surface area contributed by atoms with Crippen molar-refractivity contribution in [3.63, 3.8) is 0 Å². The molecule has 1 aromatic carbocycles. The second-order valence-electron chi connectivity index (χ2n) is 12.6. The largest absolute Gasteiger partial charge is 0.382 e. The van der Waals surface area contributed by atoms with Crippen molar-refractivity contribution in [2.45, 2.75) is 148 Å².